The lowest BCUT2D eigenvalue weighted by Gasteiger charge is -2.19. The quantitative estimate of drug-likeness (QED) is 0.496. The summed E-state index contributed by atoms with van der Waals surface area (Å²) in [6.45, 7) is 4.29. The highest BCUT2D eigenvalue weighted by atomic mass is 16.5. The van der Waals surface area contributed by atoms with Crippen LogP contribution in [0.15, 0.2) is 73.1 Å². The van der Waals surface area contributed by atoms with E-state index < -0.39 is 0 Å². The van der Waals surface area contributed by atoms with Gasteiger partial charge in [0.15, 0.2) is 0 Å². The molecule has 1 fully saturated rings. The van der Waals surface area contributed by atoms with Gasteiger partial charge >= 0.3 is 0 Å². The molecule has 1 saturated heterocycles. The smallest absolute Gasteiger partial charge is 0.251 e. The fraction of sp³-hybridized carbons (Fsp3) is 0.296. The van der Waals surface area contributed by atoms with E-state index in [0.29, 0.717) is 17.9 Å². The van der Waals surface area contributed by atoms with Gasteiger partial charge in [-0.3, -0.25) is 14.6 Å². The van der Waals surface area contributed by atoms with Crippen LogP contribution in [0.3, 0.4) is 0 Å². The van der Waals surface area contributed by atoms with Crippen molar-refractivity contribution in [2.45, 2.75) is 38.8 Å². The normalized spacial score (nSPS) is 13.9. The maximum absolute atomic E-state index is 12.7. The van der Waals surface area contributed by atoms with Gasteiger partial charge in [0.2, 0.25) is 5.91 Å². The molecule has 2 amide bonds. The molecular weight excluding hydrogens is 428 g/mol. The number of carbonyl (C=O) groups is 2. The summed E-state index contributed by atoms with van der Waals surface area (Å²) in [6.07, 6.45) is 6.03. The van der Waals surface area contributed by atoms with Crippen LogP contribution >= 0.6 is 0 Å². The molecule has 0 radical (unpaired) electrons. The van der Waals surface area contributed by atoms with Gasteiger partial charge in [-0.25, -0.2) is 0 Å². The number of hydrogen-bond acceptors (Lipinski definition) is 5. The van der Waals surface area contributed by atoms with Gasteiger partial charge in [-0.05, 0) is 62.2 Å². The van der Waals surface area contributed by atoms with E-state index in [2.05, 4.69) is 26.6 Å². The lowest BCUT2D eigenvalue weighted by Crippen LogP contribution is -2.35. The average Bonchev–Trinajstić information content (AvgIpc) is 3.39. The standard InChI is InChI=1S/C27H30N4O3/c1-20(15-26(32)30-23-9-5-10-24(17-23)31-13-2-3-14-31)29-27(33)22-8-4-11-25(16-22)34-19-21-7-6-12-28-18-21/h4-12,16-18,20H,2-3,13-15,19H2,1H3,(H,29,33)(H,30,32). The van der Waals surface area contributed by atoms with Crippen LogP contribution in [0, 0.1) is 0 Å². The van der Waals surface area contributed by atoms with Crippen molar-refractivity contribution in [3.63, 3.8) is 0 Å². The third-order valence-corrected chi connectivity index (χ3v) is 5.69. The van der Waals surface area contributed by atoms with Crippen molar-refractivity contribution >= 4 is 23.2 Å². The monoisotopic (exact) mass is 458 g/mol. The Morgan fingerprint density at radius 2 is 1.88 bits per heavy atom. The summed E-state index contributed by atoms with van der Waals surface area (Å²) in [7, 11) is 0. The zero-order chi connectivity index (χ0) is 23.8. The van der Waals surface area contributed by atoms with Gasteiger partial charge < -0.3 is 20.3 Å². The summed E-state index contributed by atoms with van der Waals surface area (Å²) < 4.78 is 5.78. The van der Waals surface area contributed by atoms with Crippen molar-refractivity contribution in [2.24, 2.45) is 0 Å². The number of ether oxygens (including phenoxy) is 1. The SMILES string of the molecule is CC(CC(=O)Nc1cccc(N2CCCC2)c1)NC(=O)c1cccc(OCc2cccnc2)c1. The molecule has 7 nitrogen and oxygen atoms in total. The van der Waals surface area contributed by atoms with E-state index in [1.165, 1.54) is 12.8 Å². The second-order valence-electron chi connectivity index (χ2n) is 8.55. The Morgan fingerprint density at radius 1 is 1.06 bits per heavy atom. The van der Waals surface area contributed by atoms with Crippen LogP contribution in [0.5, 0.6) is 5.75 Å². The number of rotatable bonds is 9. The van der Waals surface area contributed by atoms with E-state index in [1.54, 1.807) is 36.7 Å². The van der Waals surface area contributed by atoms with Gasteiger partial charge in [0.25, 0.3) is 5.91 Å². The lowest BCUT2D eigenvalue weighted by molar-refractivity contribution is -0.116. The molecule has 1 aliphatic heterocycles. The Kier molecular flexibility index (Phi) is 7.75. The van der Waals surface area contributed by atoms with Crippen molar-refractivity contribution in [2.75, 3.05) is 23.3 Å². The molecule has 1 aliphatic rings. The Bertz CT molecular complexity index is 1110. The van der Waals surface area contributed by atoms with E-state index in [1.807, 2.05) is 37.3 Å². The molecule has 2 N–H and O–H groups in total. The molecule has 0 aliphatic carbocycles. The molecule has 1 aromatic heterocycles. The minimum absolute atomic E-state index is 0.139. The van der Waals surface area contributed by atoms with Gasteiger partial charge in [0, 0.05) is 60.4 Å². The first-order valence-corrected chi connectivity index (χ1v) is 11.6. The van der Waals surface area contributed by atoms with Gasteiger partial charge in [0.05, 0.1) is 0 Å². The zero-order valence-corrected chi connectivity index (χ0v) is 19.4. The molecule has 1 atom stereocenters. The van der Waals surface area contributed by atoms with Crippen LogP contribution in [0.4, 0.5) is 11.4 Å². The van der Waals surface area contributed by atoms with Gasteiger partial charge in [-0.15, -0.1) is 0 Å². The molecule has 2 heterocycles. The summed E-state index contributed by atoms with van der Waals surface area (Å²) in [5.74, 6) is 0.211. The highest BCUT2D eigenvalue weighted by Crippen LogP contribution is 2.23. The predicted octanol–water partition coefficient (Wildman–Crippen LogP) is 4.41. The molecule has 2 aromatic carbocycles. The number of nitrogens with zero attached hydrogens (tertiary/aromatic N) is 2. The zero-order valence-electron chi connectivity index (χ0n) is 19.4. The molecule has 0 bridgehead atoms. The third-order valence-electron chi connectivity index (χ3n) is 5.69. The summed E-state index contributed by atoms with van der Waals surface area (Å²) in [5, 5.41) is 5.85. The van der Waals surface area contributed by atoms with Crippen LogP contribution in [0.2, 0.25) is 0 Å². The fourth-order valence-electron chi connectivity index (χ4n) is 3.98. The van der Waals surface area contributed by atoms with Crippen molar-refractivity contribution in [3.8, 4) is 5.75 Å². The average molecular weight is 459 g/mol. The number of anilines is 2. The molecule has 0 saturated carbocycles. The number of amides is 2. The first-order valence-electron chi connectivity index (χ1n) is 11.6. The maximum Gasteiger partial charge on any atom is 0.251 e. The largest absolute Gasteiger partial charge is 0.489 e. The van der Waals surface area contributed by atoms with E-state index >= 15 is 0 Å². The lowest BCUT2D eigenvalue weighted by atomic mass is 10.1. The Morgan fingerprint density at radius 3 is 2.68 bits per heavy atom. The van der Waals surface area contributed by atoms with Crippen LogP contribution in [-0.2, 0) is 11.4 Å². The molecule has 1 unspecified atom stereocenters. The number of hydrogen-bond donors (Lipinski definition) is 2. The molecule has 7 heteroatoms. The Hall–Kier alpha value is -3.87. The van der Waals surface area contributed by atoms with Crippen LogP contribution < -0.4 is 20.3 Å². The number of benzene rings is 2. The highest BCUT2D eigenvalue weighted by molar-refractivity contribution is 5.96. The second kappa shape index (κ2) is 11.3. The van der Waals surface area contributed by atoms with Crippen molar-refractivity contribution in [3.05, 3.63) is 84.2 Å². The summed E-state index contributed by atoms with van der Waals surface area (Å²) >= 11 is 0. The minimum atomic E-state index is -0.325. The minimum Gasteiger partial charge on any atom is -0.489 e. The number of nitrogens with one attached hydrogen (secondary N) is 2. The molecule has 176 valence electrons. The molecule has 4 rings (SSSR count). The molecule has 0 spiro atoms. The van der Waals surface area contributed by atoms with Crippen LogP contribution in [0.1, 0.15) is 42.1 Å². The van der Waals surface area contributed by atoms with E-state index in [0.717, 1.165) is 30.0 Å². The topological polar surface area (TPSA) is 83.6 Å². The maximum atomic E-state index is 12.7. The van der Waals surface area contributed by atoms with Gasteiger partial charge in [-0.1, -0.05) is 18.2 Å². The molecular formula is C27H30N4O3. The van der Waals surface area contributed by atoms with E-state index in [9.17, 15) is 9.59 Å². The molecule has 3 aromatic rings. The second-order valence-corrected chi connectivity index (χ2v) is 8.55. The van der Waals surface area contributed by atoms with Gasteiger partial charge in [-0.2, -0.15) is 0 Å². The number of pyridine rings is 1. The summed E-state index contributed by atoms with van der Waals surface area (Å²) in [4.78, 5) is 31.6. The Labute approximate surface area is 200 Å². The Balaban J connectivity index is 1.27. The van der Waals surface area contributed by atoms with E-state index in [-0.39, 0.29) is 24.3 Å². The fourth-order valence-corrected chi connectivity index (χ4v) is 3.98. The van der Waals surface area contributed by atoms with Crippen molar-refractivity contribution in [1.29, 1.82) is 0 Å². The van der Waals surface area contributed by atoms with Crippen LogP contribution in [0.25, 0.3) is 0 Å². The predicted molar refractivity (Wildman–Crippen MR) is 133 cm³/mol. The van der Waals surface area contributed by atoms with E-state index in [4.69, 9.17) is 4.74 Å². The van der Waals surface area contributed by atoms with Crippen molar-refractivity contribution in [1.82, 2.24) is 10.3 Å². The van der Waals surface area contributed by atoms with Gasteiger partial charge in [0.1, 0.15) is 12.4 Å². The third kappa shape index (κ3) is 6.57. The highest BCUT2D eigenvalue weighted by Gasteiger charge is 2.16. The number of carbonyl (C=O) groups excluding carboxylic acids is 2. The first-order chi connectivity index (χ1) is 16.6. The van der Waals surface area contributed by atoms with Crippen LogP contribution in [-0.4, -0.2) is 35.9 Å². The summed E-state index contributed by atoms with van der Waals surface area (Å²) in [5.41, 5.74) is 3.32. The first kappa shape index (κ1) is 23.3. The summed E-state index contributed by atoms with van der Waals surface area (Å²) in [6, 6.07) is 18.4. The molecule has 34 heavy (non-hydrogen) atoms. The van der Waals surface area contributed by atoms with Crippen molar-refractivity contribution < 1.29 is 14.3 Å². The number of aromatic nitrogens is 1.